The van der Waals surface area contributed by atoms with Gasteiger partial charge in [-0.15, -0.1) is 16.4 Å². The van der Waals surface area contributed by atoms with Crippen molar-refractivity contribution in [3.05, 3.63) is 58.5 Å². The Bertz CT molecular complexity index is 724. The van der Waals surface area contributed by atoms with Crippen LogP contribution >= 0.6 is 11.3 Å². The van der Waals surface area contributed by atoms with E-state index in [0.29, 0.717) is 11.7 Å². The average molecular weight is 284 g/mol. The fraction of sp³-hybridized carbons (Fsp3) is 0.0667. The molecule has 20 heavy (non-hydrogen) atoms. The Labute approximate surface area is 120 Å². The summed E-state index contributed by atoms with van der Waals surface area (Å²) in [6.07, 6.45) is 1.58. The van der Waals surface area contributed by atoms with Crippen molar-refractivity contribution in [2.75, 3.05) is 7.11 Å². The van der Waals surface area contributed by atoms with E-state index in [-0.39, 0.29) is 0 Å². The summed E-state index contributed by atoms with van der Waals surface area (Å²) in [7, 11) is 1.58. The van der Waals surface area contributed by atoms with Crippen LogP contribution in [0.4, 0.5) is 0 Å². The molecular weight excluding hydrogens is 272 g/mol. The van der Waals surface area contributed by atoms with E-state index in [1.54, 1.807) is 24.7 Å². The normalized spacial score (nSPS) is 12.3. The summed E-state index contributed by atoms with van der Waals surface area (Å²) >= 11 is 1.55. The maximum atomic E-state index is 5.62. The van der Waals surface area contributed by atoms with Crippen molar-refractivity contribution >= 4 is 34.4 Å². The van der Waals surface area contributed by atoms with Gasteiger partial charge in [0.15, 0.2) is 0 Å². The van der Waals surface area contributed by atoms with Gasteiger partial charge in [0.1, 0.15) is 11.3 Å². The molecule has 100 valence electrons. The first kappa shape index (κ1) is 12.6. The van der Waals surface area contributed by atoms with Crippen LogP contribution in [0.1, 0.15) is 10.6 Å². The van der Waals surface area contributed by atoms with Crippen LogP contribution in [-0.2, 0) is 4.74 Å². The fourth-order valence-electron chi connectivity index (χ4n) is 1.80. The predicted octanol–water partition coefficient (Wildman–Crippen LogP) is 3.92. The average Bonchev–Trinajstić information content (AvgIpc) is 3.12. The van der Waals surface area contributed by atoms with E-state index in [0.717, 1.165) is 15.8 Å². The summed E-state index contributed by atoms with van der Waals surface area (Å²) in [4.78, 5) is 0.939. The standard InChI is InChI=1S/C15H12N2O2S/c1-18-15(14-7-4-8-20-14)17-16-10-12-9-11-5-2-3-6-13(11)19-12/h2-10H,1H3/b16-10?,17-15-. The van der Waals surface area contributed by atoms with Crippen molar-refractivity contribution in [2.24, 2.45) is 10.2 Å². The quantitative estimate of drug-likeness (QED) is 0.416. The number of fused-ring (bicyclic) bond motifs is 1. The molecule has 0 bridgehead atoms. The third-order valence-electron chi connectivity index (χ3n) is 2.70. The van der Waals surface area contributed by atoms with Gasteiger partial charge in [-0.05, 0) is 23.6 Å². The zero-order valence-electron chi connectivity index (χ0n) is 10.8. The molecule has 0 fully saturated rings. The Hall–Kier alpha value is -2.40. The van der Waals surface area contributed by atoms with Gasteiger partial charge >= 0.3 is 0 Å². The summed E-state index contributed by atoms with van der Waals surface area (Å²) in [6.45, 7) is 0. The molecule has 3 aromatic rings. The topological polar surface area (TPSA) is 47.1 Å². The molecule has 0 N–H and O–H groups in total. The van der Waals surface area contributed by atoms with Crippen LogP contribution in [-0.4, -0.2) is 19.2 Å². The van der Waals surface area contributed by atoms with Crippen LogP contribution in [0.15, 0.2) is 62.5 Å². The highest BCUT2D eigenvalue weighted by Gasteiger charge is 2.03. The minimum Gasteiger partial charge on any atom is -0.479 e. The molecule has 0 unspecified atom stereocenters. The van der Waals surface area contributed by atoms with E-state index in [4.69, 9.17) is 9.15 Å². The molecule has 4 nitrogen and oxygen atoms in total. The molecule has 2 heterocycles. The summed E-state index contributed by atoms with van der Waals surface area (Å²) < 4.78 is 10.8. The highest BCUT2D eigenvalue weighted by atomic mass is 32.1. The van der Waals surface area contributed by atoms with Gasteiger partial charge in [-0.3, -0.25) is 0 Å². The van der Waals surface area contributed by atoms with Crippen LogP contribution in [0.5, 0.6) is 0 Å². The van der Waals surface area contributed by atoms with Gasteiger partial charge in [-0.1, -0.05) is 24.3 Å². The van der Waals surface area contributed by atoms with Crippen molar-refractivity contribution in [3.63, 3.8) is 0 Å². The van der Waals surface area contributed by atoms with E-state index >= 15 is 0 Å². The lowest BCUT2D eigenvalue weighted by Gasteiger charge is -1.97. The highest BCUT2D eigenvalue weighted by molar-refractivity contribution is 7.12. The van der Waals surface area contributed by atoms with Crippen LogP contribution in [0.25, 0.3) is 11.0 Å². The van der Waals surface area contributed by atoms with Crippen molar-refractivity contribution in [1.29, 1.82) is 0 Å². The number of benzene rings is 1. The SMILES string of the molecule is CO/C(=N\N=Cc1cc2ccccc2o1)c1cccs1. The largest absolute Gasteiger partial charge is 0.479 e. The minimum atomic E-state index is 0.493. The van der Waals surface area contributed by atoms with E-state index in [1.165, 1.54) is 0 Å². The number of ether oxygens (including phenoxy) is 1. The minimum absolute atomic E-state index is 0.493. The molecule has 1 aromatic carbocycles. The second-order valence-corrected chi connectivity index (χ2v) is 4.97. The van der Waals surface area contributed by atoms with Crippen molar-refractivity contribution < 1.29 is 9.15 Å². The number of furan rings is 1. The molecule has 0 radical (unpaired) electrons. The van der Waals surface area contributed by atoms with Gasteiger partial charge in [-0.2, -0.15) is 5.10 Å². The predicted molar refractivity (Wildman–Crippen MR) is 81.7 cm³/mol. The number of nitrogens with zero attached hydrogens (tertiary/aromatic N) is 2. The lowest BCUT2D eigenvalue weighted by atomic mass is 10.2. The van der Waals surface area contributed by atoms with Crippen LogP contribution in [0.3, 0.4) is 0 Å². The number of rotatable bonds is 3. The summed E-state index contributed by atoms with van der Waals surface area (Å²) in [6, 6.07) is 13.6. The number of methoxy groups -OCH3 is 1. The molecule has 0 saturated heterocycles. The molecule has 0 aliphatic rings. The van der Waals surface area contributed by atoms with Gasteiger partial charge in [0, 0.05) is 5.39 Å². The van der Waals surface area contributed by atoms with E-state index in [9.17, 15) is 0 Å². The van der Waals surface area contributed by atoms with Crippen molar-refractivity contribution in [1.82, 2.24) is 0 Å². The van der Waals surface area contributed by atoms with Crippen LogP contribution in [0, 0.1) is 0 Å². The number of hydrogen-bond acceptors (Lipinski definition) is 5. The number of thiophene rings is 1. The first-order valence-corrected chi connectivity index (χ1v) is 6.92. The van der Waals surface area contributed by atoms with Gasteiger partial charge in [-0.25, -0.2) is 0 Å². The lowest BCUT2D eigenvalue weighted by molar-refractivity contribution is 0.404. The Balaban J connectivity index is 1.82. The smallest absolute Gasteiger partial charge is 0.250 e. The molecule has 5 heteroatoms. The molecule has 0 saturated carbocycles. The van der Waals surface area contributed by atoms with E-state index < -0.39 is 0 Å². The summed E-state index contributed by atoms with van der Waals surface area (Å²) in [5.41, 5.74) is 0.836. The second-order valence-electron chi connectivity index (χ2n) is 4.02. The number of hydrogen-bond donors (Lipinski definition) is 0. The molecule has 0 aliphatic heterocycles. The summed E-state index contributed by atoms with van der Waals surface area (Å²) in [5, 5.41) is 11.1. The van der Waals surface area contributed by atoms with Gasteiger partial charge in [0.2, 0.25) is 0 Å². The number of para-hydroxylation sites is 1. The van der Waals surface area contributed by atoms with Gasteiger partial charge in [0.05, 0.1) is 18.2 Å². The van der Waals surface area contributed by atoms with Crippen LogP contribution in [0.2, 0.25) is 0 Å². The maximum Gasteiger partial charge on any atom is 0.250 e. The lowest BCUT2D eigenvalue weighted by Crippen LogP contribution is -1.99. The maximum absolute atomic E-state index is 5.62. The molecule has 2 aromatic heterocycles. The third kappa shape index (κ3) is 2.62. The van der Waals surface area contributed by atoms with Crippen LogP contribution < -0.4 is 0 Å². The molecule has 0 amide bonds. The second kappa shape index (κ2) is 5.71. The van der Waals surface area contributed by atoms with E-state index in [1.807, 2.05) is 47.8 Å². The molecule has 0 spiro atoms. The Morgan fingerprint density at radius 3 is 2.90 bits per heavy atom. The molecule has 0 atom stereocenters. The van der Waals surface area contributed by atoms with E-state index in [2.05, 4.69) is 10.2 Å². The zero-order chi connectivity index (χ0) is 13.8. The third-order valence-corrected chi connectivity index (χ3v) is 3.56. The first-order valence-electron chi connectivity index (χ1n) is 6.04. The fourth-order valence-corrected chi connectivity index (χ4v) is 2.48. The first-order chi connectivity index (χ1) is 9.86. The van der Waals surface area contributed by atoms with Gasteiger partial charge < -0.3 is 9.15 Å². The van der Waals surface area contributed by atoms with Gasteiger partial charge in [0.25, 0.3) is 5.90 Å². The monoisotopic (exact) mass is 284 g/mol. The molecular formula is C15H12N2O2S. The molecule has 0 aliphatic carbocycles. The molecule has 3 rings (SSSR count). The Morgan fingerprint density at radius 1 is 1.25 bits per heavy atom. The highest BCUT2D eigenvalue weighted by Crippen LogP contribution is 2.17. The summed E-state index contributed by atoms with van der Waals surface area (Å²) in [5.74, 6) is 1.16. The van der Waals surface area contributed by atoms with Crippen molar-refractivity contribution in [3.8, 4) is 0 Å². The zero-order valence-corrected chi connectivity index (χ0v) is 11.6. The Kier molecular flexibility index (Phi) is 3.60. The van der Waals surface area contributed by atoms with Crippen molar-refractivity contribution in [2.45, 2.75) is 0 Å². The Morgan fingerprint density at radius 2 is 2.15 bits per heavy atom.